The number of fused-ring (bicyclic) bond motifs is 1. The van der Waals surface area contributed by atoms with Crippen molar-refractivity contribution >= 4 is 32.7 Å². The third kappa shape index (κ3) is 3.69. The van der Waals surface area contributed by atoms with Crippen LogP contribution in [0.3, 0.4) is 0 Å². The number of nitrogens with two attached hydrogens (primary N) is 1. The summed E-state index contributed by atoms with van der Waals surface area (Å²) >= 11 is 0. The van der Waals surface area contributed by atoms with Crippen LogP contribution in [-0.4, -0.2) is 28.4 Å². The van der Waals surface area contributed by atoms with Crippen molar-refractivity contribution in [1.82, 2.24) is 19.9 Å². The zero-order valence-electron chi connectivity index (χ0n) is 15.2. The molecule has 0 aliphatic heterocycles. The summed E-state index contributed by atoms with van der Waals surface area (Å²) in [5, 5.41) is 0. The summed E-state index contributed by atoms with van der Waals surface area (Å²) in [5.41, 5.74) is 8.36. The molecule has 0 unspecified atom stereocenters. The highest BCUT2D eigenvalue weighted by atomic mass is 32.2. The Morgan fingerprint density at radius 2 is 1.93 bits per heavy atom. The fraction of sp³-hybridized carbons (Fsp3) is 0.0526. The number of benzene rings is 1. The fourth-order valence-corrected chi connectivity index (χ4v) is 3.84. The van der Waals surface area contributed by atoms with Crippen LogP contribution in [-0.2, 0) is 10.0 Å². The number of aryl methyl sites for hydroxylation is 1. The van der Waals surface area contributed by atoms with Gasteiger partial charge in [-0.2, -0.15) is 0 Å². The maximum atomic E-state index is 14.6. The second kappa shape index (κ2) is 7.06. The molecule has 0 bridgehead atoms. The quantitative estimate of drug-likeness (QED) is 0.530. The van der Waals surface area contributed by atoms with Crippen molar-refractivity contribution < 1.29 is 12.8 Å². The molecule has 0 spiro atoms. The number of anilines is 2. The first-order valence-electron chi connectivity index (χ1n) is 8.46. The Hall–Kier alpha value is -3.66. The van der Waals surface area contributed by atoms with Crippen LogP contribution in [0, 0.1) is 12.7 Å². The Morgan fingerprint density at radius 1 is 1.10 bits per heavy atom. The van der Waals surface area contributed by atoms with Crippen molar-refractivity contribution in [2.24, 2.45) is 0 Å². The predicted octanol–water partition coefficient (Wildman–Crippen LogP) is 2.92. The summed E-state index contributed by atoms with van der Waals surface area (Å²) < 4.78 is 41.6. The van der Waals surface area contributed by atoms with E-state index in [1.807, 2.05) is 6.92 Å². The number of nitrogen functional groups attached to an aromatic ring is 1. The Morgan fingerprint density at radius 3 is 2.66 bits per heavy atom. The first-order chi connectivity index (χ1) is 13.8. The van der Waals surface area contributed by atoms with E-state index in [0.717, 1.165) is 5.56 Å². The first-order valence-corrected chi connectivity index (χ1v) is 9.94. The van der Waals surface area contributed by atoms with Crippen molar-refractivity contribution in [3.8, 4) is 11.3 Å². The van der Waals surface area contributed by atoms with Gasteiger partial charge in [-0.3, -0.25) is 9.71 Å². The van der Waals surface area contributed by atoms with Gasteiger partial charge in [-0.15, -0.1) is 0 Å². The topological polar surface area (TPSA) is 124 Å². The number of nitrogens with one attached hydrogen (secondary N) is 1. The van der Waals surface area contributed by atoms with Gasteiger partial charge in [0.1, 0.15) is 16.2 Å². The molecule has 0 aliphatic carbocycles. The number of halogens is 1. The second-order valence-electron chi connectivity index (χ2n) is 6.28. The van der Waals surface area contributed by atoms with E-state index < -0.39 is 15.8 Å². The van der Waals surface area contributed by atoms with Crippen LogP contribution in [0.15, 0.2) is 59.9 Å². The lowest BCUT2D eigenvalue weighted by atomic mass is 10.1. The smallest absolute Gasteiger partial charge is 0.263 e. The van der Waals surface area contributed by atoms with E-state index in [9.17, 15) is 12.8 Å². The van der Waals surface area contributed by atoms with E-state index in [4.69, 9.17) is 5.73 Å². The lowest BCUT2D eigenvalue weighted by Crippen LogP contribution is -2.14. The minimum absolute atomic E-state index is 0.0606. The highest BCUT2D eigenvalue weighted by Gasteiger charge is 2.17. The minimum Gasteiger partial charge on any atom is -0.368 e. The number of sulfonamides is 1. The molecule has 8 nitrogen and oxygen atoms in total. The van der Waals surface area contributed by atoms with Gasteiger partial charge in [-0.1, -0.05) is 6.07 Å². The summed E-state index contributed by atoms with van der Waals surface area (Å²) in [4.78, 5) is 16.2. The molecule has 4 aromatic rings. The first kappa shape index (κ1) is 18.7. The monoisotopic (exact) mass is 410 g/mol. The SMILES string of the molecule is Cc1cc(-c2ccc(NS(=O)(=O)c3cccnc3)c(F)c2)nc2cnc(N)nc12. The number of nitrogens with zero attached hydrogens (tertiary/aromatic N) is 4. The van der Waals surface area contributed by atoms with Gasteiger partial charge < -0.3 is 5.73 Å². The number of rotatable bonds is 4. The molecule has 4 rings (SSSR count). The van der Waals surface area contributed by atoms with Crippen LogP contribution in [0.2, 0.25) is 0 Å². The molecule has 0 saturated heterocycles. The van der Waals surface area contributed by atoms with E-state index in [-0.39, 0.29) is 16.5 Å². The zero-order valence-corrected chi connectivity index (χ0v) is 16.0. The Balaban J connectivity index is 1.69. The molecule has 146 valence electrons. The van der Waals surface area contributed by atoms with Crippen molar-refractivity contribution in [2.45, 2.75) is 11.8 Å². The standard InChI is InChI=1S/C19H15FN6O2S/c1-11-7-16(24-17-10-23-19(21)25-18(11)17)12-4-5-15(14(20)8-12)26-29(27,28)13-3-2-6-22-9-13/h2-10,26H,1H3,(H2,21,23,25). The summed E-state index contributed by atoms with van der Waals surface area (Å²) in [7, 11) is -3.95. The number of pyridine rings is 2. The fourth-order valence-electron chi connectivity index (χ4n) is 2.81. The van der Waals surface area contributed by atoms with Crippen molar-refractivity contribution in [1.29, 1.82) is 0 Å². The molecule has 0 amide bonds. The van der Waals surface area contributed by atoms with Gasteiger partial charge in [0, 0.05) is 18.0 Å². The molecule has 10 heteroatoms. The van der Waals surface area contributed by atoms with Crippen molar-refractivity contribution in [2.75, 3.05) is 10.5 Å². The van der Waals surface area contributed by atoms with Gasteiger partial charge in [0.15, 0.2) is 0 Å². The van der Waals surface area contributed by atoms with Crippen molar-refractivity contribution in [3.05, 3.63) is 66.4 Å². The van der Waals surface area contributed by atoms with Crippen LogP contribution in [0.1, 0.15) is 5.56 Å². The highest BCUT2D eigenvalue weighted by Crippen LogP contribution is 2.27. The van der Waals surface area contributed by atoms with E-state index in [0.29, 0.717) is 22.3 Å². The van der Waals surface area contributed by atoms with Crippen LogP contribution >= 0.6 is 0 Å². The van der Waals surface area contributed by atoms with Gasteiger partial charge >= 0.3 is 0 Å². The van der Waals surface area contributed by atoms with Crippen LogP contribution < -0.4 is 10.5 Å². The predicted molar refractivity (Wildman–Crippen MR) is 107 cm³/mol. The average molecular weight is 410 g/mol. The molecule has 0 saturated carbocycles. The molecule has 0 atom stereocenters. The molecule has 1 aromatic carbocycles. The summed E-state index contributed by atoms with van der Waals surface area (Å²) in [6.45, 7) is 1.84. The second-order valence-corrected chi connectivity index (χ2v) is 7.96. The lowest BCUT2D eigenvalue weighted by molar-refractivity contribution is 0.598. The average Bonchev–Trinajstić information content (AvgIpc) is 2.70. The largest absolute Gasteiger partial charge is 0.368 e. The van der Waals surface area contributed by atoms with Gasteiger partial charge in [0.2, 0.25) is 5.95 Å². The molecule has 3 aromatic heterocycles. The molecule has 0 aliphatic rings. The van der Waals surface area contributed by atoms with E-state index in [1.165, 1.54) is 42.9 Å². The number of aromatic nitrogens is 4. The Bertz CT molecular complexity index is 1330. The summed E-state index contributed by atoms with van der Waals surface area (Å²) in [5.74, 6) is -0.588. The van der Waals surface area contributed by atoms with Crippen LogP contribution in [0.25, 0.3) is 22.3 Å². The molecule has 29 heavy (non-hydrogen) atoms. The third-order valence-electron chi connectivity index (χ3n) is 4.21. The lowest BCUT2D eigenvalue weighted by Gasteiger charge is -2.11. The van der Waals surface area contributed by atoms with Gasteiger partial charge in [0.25, 0.3) is 10.0 Å². The van der Waals surface area contributed by atoms with E-state index in [2.05, 4.69) is 24.7 Å². The number of hydrogen-bond donors (Lipinski definition) is 2. The van der Waals surface area contributed by atoms with E-state index in [1.54, 1.807) is 12.1 Å². The molecular weight excluding hydrogens is 395 g/mol. The van der Waals surface area contributed by atoms with Gasteiger partial charge in [-0.25, -0.2) is 27.8 Å². The van der Waals surface area contributed by atoms with Gasteiger partial charge in [-0.05, 0) is 42.8 Å². The normalized spacial score (nSPS) is 11.5. The highest BCUT2D eigenvalue weighted by molar-refractivity contribution is 7.92. The Kier molecular flexibility index (Phi) is 4.55. The Labute approximate surface area is 165 Å². The van der Waals surface area contributed by atoms with Crippen LogP contribution in [0.5, 0.6) is 0 Å². The molecule has 3 N–H and O–H groups in total. The summed E-state index contributed by atoms with van der Waals surface area (Å²) in [6.07, 6.45) is 4.14. The number of hydrogen-bond acceptors (Lipinski definition) is 7. The third-order valence-corrected chi connectivity index (χ3v) is 5.56. The molecular formula is C19H15FN6O2S. The minimum atomic E-state index is -3.95. The van der Waals surface area contributed by atoms with Crippen molar-refractivity contribution in [3.63, 3.8) is 0 Å². The van der Waals surface area contributed by atoms with E-state index >= 15 is 0 Å². The maximum Gasteiger partial charge on any atom is 0.263 e. The molecule has 0 fully saturated rings. The maximum absolute atomic E-state index is 14.6. The zero-order chi connectivity index (χ0) is 20.6. The molecule has 3 heterocycles. The molecule has 0 radical (unpaired) electrons. The van der Waals surface area contributed by atoms with Crippen LogP contribution in [0.4, 0.5) is 16.0 Å². The van der Waals surface area contributed by atoms with Gasteiger partial charge in [0.05, 0.1) is 23.1 Å². The summed E-state index contributed by atoms with van der Waals surface area (Å²) in [6, 6.07) is 8.75.